The van der Waals surface area contributed by atoms with Crippen molar-refractivity contribution in [3.05, 3.63) is 77.7 Å². The van der Waals surface area contributed by atoms with Crippen LogP contribution in [0.3, 0.4) is 0 Å². The zero-order chi connectivity index (χ0) is 18.7. The van der Waals surface area contributed by atoms with Gasteiger partial charge < -0.3 is 5.32 Å². The molecule has 3 rings (SSSR count). The first-order valence-corrected chi connectivity index (χ1v) is 9.41. The van der Waals surface area contributed by atoms with Gasteiger partial charge in [0.2, 0.25) is 0 Å². The quantitative estimate of drug-likeness (QED) is 0.698. The average molecular weight is 371 g/mol. The molecule has 0 unspecified atom stereocenters. The molecule has 0 aliphatic rings. The van der Waals surface area contributed by atoms with Crippen LogP contribution in [-0.4, -0.2) is 13.4 Å². The molecule has 26 heavy (non-hydrogen) atoms. The van der Waals surface area contributed by atoms with Gasteiger partial charge >= 0.3 is 0 Å². The Hall–Kier alpha value is -2.93. The van der Waals surface area contributed by atoms with Crippen molar-refractivity contribution < 1.29 is 12.8 Å². The van der Waals surface area contributed by atoms with E-state index in [1.807, 2.05) is 32.0 Å². The van der Waals surface area contributed by atoms with E-state index in [1.165, 1.54) is 12.1 Å². The number of para-hydroxylation sites is 1. The Balaban J connectivity index is 1.76. The van der Waals surface area contributed by atoms with E-state index in [0.717, 1.165) is 34.6 Å². The molecular weight excluding hydrogens is 353 g/mol. The maximum absolute atomic E-state index is 12.9. The summed E-state index contributed by atoms with van der Waals surface area (Å²) in [7, 11) is -3.81. The molecule has 1 aromatic heterocycles. The summed E-state index contributed by atoms with van der Waals surface area (Å²) in [5.74, 6) is -0.314. The highest BCUT2D eigenvalue weighted by atomic mass is 32.2. The van der Waals surface area contributed by atoms with Crippen LogP contribution in [0.5, 0.6) is 0 Å². The fourth-order valence-corrected chi connectivity index (χ4v) is 3.50. The molecule has 0 spiro atoms. The van der Waals surface area contributed by atoms with Crippen LogP contribution in [0.1, 0.15) is 11.1 Å². The van der Waals surface area contributed by atoms with Gasteiger partial charge in [-0.15, -0.1) is 0 Å². The van der Waals surface area contributed by atoms with E-state index in [9.17, 15) is 12.8 Å². The van der Waals surface area contributed by atoms with E-state index >= 15 is 0 Å². The molecule has 7 heteroatoms. The average Bonchev–Trinajstić information content (AvgIpc) is 2.60. The normalized spacial score (nSPS) is 11.2. The number of sulfonamides is 1. The standard InChI is InChI=1S/C19H18FN3O2S/c1-13-4-3-5-14(2)19(13)22-16-8-11-18(21-12-16)23-26(24,25)17-9-6-15(20)7-10-17/h3-12,22H,1-2H3,(H,21,23). The fraction of sp³-hybridized carbons (Fsp3) is 0.105. The molecule has 0 aliphatic carbocycles. The van der Waals surface area contributed by atoms with Crippen LogP contribution in [0, 0.1) is 19.7 Å². The highest BCUT2D eigenvalue weighted by Gasteiger charge is 2.14. The summed E-state index contributed by atoms with van der Waals surface area (Å²) >= 11 is 0. The molecule has 2 aromatic carbocycles. The predicted octanol–water partition coefficient (Wildman–Crippen LogP) is 4.38. The van der Waals surface area contributed by atoms with Gasteiger partial charge in [-0.1, -0.05) is 18.2 Å². The van der Waals surface area contributed by atoms with Crippen molar-refractivity contribution in [2.24, 2.45) is 0 Å². The molecule has 0 aliphatic heterocycles. The first kappa shape index (κ1) is 17.9. The molecule has 0 atom stereocenters. The van der Waals surface area contributed by atoms with E-state index < -0.39 is 15.8 Å². The zero-order valence-corrected chi connectivity index (χ0v) is 15.1. The Kier molecular flexibility index (Phi) is 4.90. The monoisotopic (exact) mass is 371 g/mol. The molecule has 0 amide bonds. The maximum atomic E-state index is 12.9. The van der Waals surface area contributed by atoms with Crippen molar-refractivity contribution in [2.75, 3.05) is 10.0 Å². The second kappa shape index (κ2) is 7.13. The number of nitrogens with zero attached hydrogens (tertiary/aromatic N) is 1. The first-order chi connectivity index (χ1) is 12.3. The van der Waals surface area contributed by atoms with E-state index in [1.54, 1.807) is 18.3 Å². The third-order valence-corrected chi connectivity index (χ3v) is 5.25. The SMILES string of the molecule is Cc1cccc(C)c1Nc1ccc(NS(=O)(=O)c2ccc(F)cc2)nc1. The molecule has 134 valence electrons. The summed E-state index contributed by atoms with van der Waals surface area (Å²) in [6.45, 7) is 4.02. The highest BCUT2D eigenvalue weighted by Crippen LogP contribution is 2.24. The van der Waals surface area contributed by atoms with Crippen LogP contribution in [0.4, 0.5) is 21.6 Å². The van der Waals surface area contributed by atoms with Gasteiger partial charge in [-0.3, -0.25) is 4.72 Å². The zero-order valence-electron chi connectivity index (χ0n) is 14.3. The highest BCUT2D eigenvalue weighted by molar-refractivity contribution is 7.92. The number of benzene rings is 2. The molecule has 0 saturated heterocycles. The number of hydrogen-bond acceptors (Lipinski definition) is 4. The Morgan fingerprint density at radius 2 is 1.58 bits per heavy atom. The van der Waals surface area contributed by atoms with Crippen molar-refractivity contribution in [1.29, 1.82) is 0 Å². The van der Waals surface area contributed by atoms with Crippen molar-refractivity contribution in [3.63, 3.8) is 0 Å². The second-order valence-electron chi connectivity index (χ2n) is 5.88. The van der Waals surface area contributed by atoms with Crippen LogP contribution in [0.15, 0.2) is 65.7 Å². The minimum atomic E-state index is -3.81. The van der Waals surface area contributed by atoms with Gasteiger partial charge in [0.15, 0.2) is 0 Å². The number of anilines is 3. The van der Waals surface area contributed by atoms with Crippen molar-refractivity contribution in [1.82, 2.24) is 4.98 Å². The van der Waals surface area contributed by atoms with Gasteiger partial charge in [-0.2, -0.15) is 0 Å². The van der Waals surface area contributed by atoms with E-state index in [2.05, 4.69) is 15.0 Å². The largest absolute Gasteiger partial charge is 0.354 e. The van der Waals surface area contributed by atoms with Crippen LogP contribution >= 0.6 is 0 Å². The molecule has 3 aromatic rings. The van der Waals surface area contributed by atoms with Crippen LogP contribution in [-0.2, 0) is 10.0 Å². The minimum absolute atomic E-state index is 0.0292. The molecule has 0 fully saturated rings. The molecule has 2 N–H and O–H groups in total. The first-order valence-electron chi connectivity index (χ1n) is 7.93. The number of nitrogens with one attached hydrogen (secondary N) is 2. The van der Waals surface area contributed by atoms with Gasteiger partial charge in [0.05, 0.1) is 16.8 Å². The Morgan fingerprint density at radius 1 is 0.923 bits per heavy atom. The topological polar surface area (TPSA) is 71.1 Å². The number of hydrogen-bond donors (Lipinski definition) is 2. The van der Waals surface area contributed by atoms with E-state index in [-0.39, 0.29) is 10.7 Å². The maximum Gasteiger partial charge on any atom is 0.263 e. The number of halogens is 1. The van der Waals surface area contributed by atoms with Crippen LogP contribution < -0.4 is 10.0 Å². The summed E-state index contributed by atoms with van der Waals surface area (Å²) in [5, 5.41) is 3.29. The lowest BCUT2D eigenvalue weighted by atomic mass is 10.1. The number of rotatable bonds is 5. The summed E-state index contributed by atoms with van der Waals surface area (Å²) in [6, 6.07) is 13.9. The molecular formula is C19H18FN3O2S. The second-order valence-corrected chi connectivity index (χ2v) is 7.57. The lowest BCUT2D eigenvalue weighted by Gasteiger charge is -2.13. The Morgan fingerprint density at radius 3 is 2.15 bits per heavy atom. The molecule has 0 bridgehead atoms. The lowest BCUT2D eigenvalue weighted by molar-refractivity contribution is 0.599. The van der Waals surface area contributed by atoms with Crippen molar-refractivity contribution in [3.8, 4) is 0 Å². The summed E-state index contributed by atoms with van der Waals surface area (Å²) < 4.78 is 39.9. The number of aromatic nitrogens is 1. The van der Waals surface area contributed by atoms with Crippen LogP contribution in [0.2, 0.25) is 0 Å². The van der Waals surface area contributed by atoms with E-state index in [4.69, 9.17) is 0 Å². The smallest absolute Gasteiger partial charge is 0.263 e. The van der Waals surface area contributed by atoms with Gasteiger partial charge in [0, 0.05) is 5.69 Å². The van der Waals surface area contributed by atoms with Crippen molar-refractivity contribution >= 4 is 27.2 Å². The molecule has 5 nitrogen and oxygen atoms in total. The third-order valence-electron chi connectivity index (χ3n) is 3.88. The minimum Gasteiger partial charge on any atom is -0.354 e. The fourth-order valence-electron chi connectivity index (χ4n) is 2.49. The Labute approximate surface area is 152 Å². The summed E-state index contributed by atoms with van der Waals surface area (Å²) in [6.07, 6.45) is 1.55. The Bertz CT molecular complexity index is 997. The predicted molar refractivity (Wildman–Crippen MR) is 101 cm³/mol. The van der Waals surface area contributed by atoms with E-state index in [0.29, 0.717) is 0 Å². The van der Waals surface area contributed by atoms with Gasteiger partial charge in [-0.05, 0) is 61.4 Å². The number of aryl methyl sites for hydroxylation is 2. The van der Waals surface area contributed by atoms with Gasteiger partial charge in [0.25, 0.3) is 10.0 Å². The lowest BCUT2D eigenvalue weighted by Crippen LogP contribution is -2.13. The van der Waals surface area contributed by atoms with Crippen LogP contribution in [0.25, 0.3) is 0 Å². The molecule has 0 radical (unpaired) electrons. The van der Waals surface area contributed by atoms with Gasteiger partial charge in [0.1, 0.15) is 11.6 Å². The molecule has 1 heterocycles. The molecule has 0 saturated carbocycles. The summed E-state index contributed by atoms with van der Waals surface area (Å²) in [5.41, 5.74) is 3.94. The number of pyridine rings is 1. The summed E-state index contributed by atoms with van der Waals surface area (Å²) in [4.78, 5) is 4.11. The van der Waals surface area contributed by atoms with Gasteiger partial charge in [-0.25, -0.2) is 17.8 Å². The third kappa shape index (κ3) is 4.00. The van der Waals surface area contributed by atoms with Crippen molar-refractivity contribution in [2.45, 2.75) is 18.7 Å².